The molecule has 0 N–H and O–H groups in total. The Morgan fingerprint density at radius 2 is 1.64 bits per heavy atom. The van der Waals surface area contributed by atoms with Crippen LogP contribution in [0.2, 0.25) is 0 Å². The van der Waals surface area contributed by atoms with Crippen LogP contribution < -0.4 is 0 Å². The monoisotopic (exact) mass is 335 g/mol. The van der Waals surface area contributed by atoms with E-state index in [-0.39, 0.29) is 18.4 Å². The molecule has 1 aliphatic rings. The zero-order chi connectivity index (χ0) is 17.6. The third-order valence-corrected chi connectivity index (χ3v) is 4.27. The van der Waals surface area contributed by atoms with Crippen LogP contribution in [-0.4, -0.2) is 22.8 Å². The molecule has 1 heterocycles. The highest BCUT2D eigenvalue weighted by Gasteiger charge is 2.32. The van der Waals surface area contributed by atoms with Crippen molar-refractivity contribution < 1.29 is 14.3 Å². The summed E-state index contributed by atoms with van der Waals surface area (Å²) in [5.74, 6) is 0.0468. The van der Waals surface area contributed by atoms with E-state index in [1.807, 2.05) is 60.7 Å². The minimum Gasteiger partial charge on any atom is -0.444 e. The van der Waals surface area contributed by atoms with Gasteiger partial charge in [-0.15, -0.1) is 0 Å². The van der Waals surface area contributed by atoms with Gasteiger partial charge in [0.25, 0.3) is 0 Å². The van der Waals surface area contributed by atoms with Crippen molar-refractivity contribution in [3.8, 4) is 0 Å². The van der Waals surface area contributed by atoms with Crippen LogP contribution in [0.5, 0.6) is 0 Å². The zero-order valence-corrected chi connectivity index (χ0v) is 14.2. The molecule has 3 rings (SSSR count). The Hall–Kier alpha value is -2.88. The van der Waals surface area contributed by atoms with E-state index >= 15 is 0 Å². The fraction of sp³-hybridized carbons (Fsp3) is 0.238. The first-order valence-corrected chi connectivity index (χ1v) is 8.38. The lowest BCUT2D eigenvalue weighted by Crippen LogP contribution is -2.44. The second-order valence-electron chi connectivity index (χ2n) is 6.21. The molecule has 0 spiro atoms. The van der Waals surface area contributed by atoms with Crippen LogP contribution in [0.3, 0.4) is 0 Å². The minimum atomic E-state index is -0.411. The third-order valence-electron chi connectivity index (χ3n) is 4.27. The smallest absolute Gasteiger partial charge is 0.414 e. The van der Waals surface area contributed by atoms with Crippen LogP contribution in [0.15, 0.2) is 72.4 Å². The van der Waals surface area contributed by atoms with Gasteiger partial charge in [-0.3, -0.25) is 9.69 Å². The quantitative estimate of drug-likeness (QED) is 0.844. The van der Waals surface area contributed by atoms with Gasteiger partial charge in [-0.25, -0.2) is 4.79 Å². The molecular formula is C21H21NO3. The van der Waals surface area contributed by atoms with Crippen LogP contribution in [-0.2, 0) is 22.6 Å². The van der Waals surface area contributed by atoms with Crippen molar-refractivity contribution in [1.29, 1.82) is 0 Å². The molecule has 1 amide bonds. The molecule has 4 nitrogen and oxygen atoms in total. The molecule has 1 atom stereocenters. The zero-order valence-electron chi connectivity index (χ0n) is 14.2. The van der Waals surface area contributed by atoms with Crippen LogP contribution in [0, 0.1) is 0 Å². The fourth-order valence-electron chi connectivity index (χ4n) is 3.10. The summed E-state index contributed by atoms with van der Waals surface area (Å²) in [6.45, 7) is 1.99. The van der Waals surface area contributed by atoms with Crippen LogP contribution in [0.25, 0.3) is 0 Å². The first kappa shape index (κ1) is 17.0. The van der Waals surface area contributed by atoms with Crippen molar-refractivity contribution in [1.82, 2.24) is 4.90 Å². The van der Waals surface area contributed by atoms with Gasteiger partial charge < -0.3 is 4.74 Å². The highest BCUT2D eigenvalue weighted by molar-refractivity contribution is 5.93. The molecule has 128 valence electrons. The predicted octanol–water partition coefficient (Wildman–Crippen LogP) is 4.11. The van der Waals surface area contributed by atoms with Gasteiger partial charge in [-0.05, 0) is 24.5 Å². The molecule has 0 bridgehead atoms. The Labute approximate surface area is 147 Å². The van der Waals surface area contributed by atoms with Crippen molar-refractivity contribution in [2.75, 3.05) is 0 Å². The topological polar surface area (TPSA) is 46.6 Å². The molecule has 2 aromatic carbocycles. The minimum absolute atomic E-state index is 0.0468. The third kappa shape index (κ3) is 4.35. The molecule has 0 aromatic heterocycles. The normalized spacial score (nSPS) is 17.2. The van der Waals surface area contributed by atoms with Crippen LogP contribution >= 0.6 is 0 Å². The van der Waals surface area contributed by atoms with Crippen molar-refractivity contribution >= 4 is 11.9 Å². The van der Waals surface area contributed by atoms with Gasteiger partial charge in [0.05, 0.1) is 6.04 Å². The van der Waals surface area contributed by atoms with Crippen LogP contribution in [0.4, 0.5) is 4.79 Å². The Kier molecular flexibility index (Phi) is 5.29. The van der Waals surface area contributed by atoms with E-state index < -0.39 is 6.09 Å². The first-order valence-electron chi connectivity index (χ1n) is 8.38. The number of hydrogen-bond donors (Lipinski definition) is 0. The molecule has 0 saturated heterocycles. The highest BCUT2D eigenvalue weighted by atomic mass is 16.6. The van der Waals surface area contributed by atoms with Gasteiger partial charge in [-0.1, -0.05) is 60.7 Å². The maximum absolute atomic E-state index is 12.6. The number of ketones is 1. The van der Waals surface area contributed by atoms with Gasteiger partial charge in [0.2, 0.25) is 0 Å². The Bertz CT molecular complexity index is 768. The SMILES string of the molecule is CC1=CC(=O)CC(Cc2ccccc2)N1C(=O)OCc1ccccc1. The first-order chi connectivity index (χ1) is 12.1. The van der Waals surface area contributed by atoms with Crippen molar-refractivity contribution in [2.24, 2.45) is 0 Å². The number of allylic oxidation sites excluding steroid dienone is 2. The van der Waals surface area contributed by atoms with Crippen molar-refractivity contribution in [3.63, 3.8) is 0 Å². The molecule has 0 aliphatic carbocycles. The van der Waals surface area contributed by atoms with Crippen molar-refractivity contribution in [2.45, 2.75) is 32.4 Å². The second kappa shape index (κ2) is 7.79. The number of carbonyl (C=O) groups is 2. The molecule has 2 aromatic rings. The van der Waals surface area contributed by atoms with Gasteiger partial charge in [0, 0.05) is 18.2 Å². The van der Waals surface area contributed by atoms with E-state index in [4.69, 9.17) is 4.74 Å². The number of nitrogens with zero attached hydrogens (tertiary/aromatic N) is 1. The maximum atomic E-state index is 12.6. The van der Waals surface area contributed by atoms with E-state index in [1.165, 1.54) is 6.08 Å². The lowest BCUT2D eigenvalue weighted by atomic mass is 9.96. The van der Waals surface area contributed by atoms with E-state index in [0.29, 0.717) is 18.5 Å². The summed E-state index contributed by atoms with van der Waals surface area (Å²) in [4.78, 5) is 26.2. The number of rotatable bonds is 4. The van der Waals surface area contributed by atoms with E-state index in [9.17, 15) is 9.59 Å². The lowest BCUT2D eigenvalue weighted by Gasteiger charge is -2.34. The number of amides is 1. The number of benzene rings is 2. The molecule has 0 radical (unpaired) electrons. The Morgan fingerprint density at radius 1 is 1.04 bits per heavy atom. The molecule has 0 saturated carbocycles. The van der Waals surface area contributed by atoms with Gasteiger partial charge in [-0.2, -0.15) is 0 Å². The average molecular weight is 335 g/mol. The molecule has 25 heavy (non-hydrogen) atoms. The second-order valence-corrected chi connectivity index (χ2v) is 6.21. The Balaban J connectivity index is 1.73. The highest BCUT2D eigenvalue weighted by Crippen LogP contribution is 2.24. The average Bonchev–Trinajstić information content (AvgIpc) is 2.61. The lowest BCUT2D eigenvalue weighted by molar-refractivity contribution is -0.116. The summed E-state index contributed by atoms with van der Waals surface area (Å²) in [5.41, 5.74) is 2.66. The summed E-state index contributed by atoms with van der Waals surface area (Å²) >= 11 is 0. The number of hydrogen-bond acceptors (Lipinski definition) is 3. The predicted molar refractivity (Wildman–Crippen MR) is 95.8 cm³/mol. The summed E-state index contributed by atoms with van der Waals surface area (Å²) in [6, 6.07) is 19.2. The summed E-state index contributed by atoms with van der Waals surface area (Å²) < 4.78 is 5.48. The summed E-state index contributed by atoms with van der Waals surface area (Å²) in [6.07, 6.45) is 2.04. The molecule has 0 fully saturated rings. The molecular weight excluding hydrogens is 314 g/mol. The van der Waals surface area contributed by atoms with Crippen LogP contribution in [0.1, 0.15) is 24.5 Å². The van der Waals surface area contributed by atoms with Gasteiger partial charge in [0.15, 0.2) is 5.78 Å². The summed E-state index contributed by atoms with van der Waals surface area (Å²) in [7, 11) is 0. The number of ether oxygens (including phenoxy) is 1. The van der Waals surface area contributed by atoms with E-state index in [1.54, 1.807) is 11.8 Å². The summed E-state index contributed by atoms with van der Waals surface area (Å²) in [5, 5.41) is 0. The Morgan fingerprint density at radius 3 is 2.28 bits per heavy atom. The largest absolute Gasteiger partial charge is 0.444 e. The van der Waals surface area contributed by atoms with E-state index in [2.05, 4.69) is 0 Å². The maximum Gasteiger partial charge on any atom is 0.414 e. The van der Waals surface area contributed by atoms with Crippen molar-refractivity contribution in [3.05, 3.63) is 83.6 Å². The fourth-order valence-corrected chi connectivity index (χ4v) is 3.10. The molecule has 1 unspecified atom stereocenters. The molecule has 4 heteroatoms. The number of carbonyl (C=O) groups excluding carboxylic acids is 2. The standard InChI is InChI=1S/C21H21NO3/c1-16-12-20(23)14-19(13-17-8-4-2-5-9-17)22(16)21(24)25-15-18-10-6-3-7-11-18/h2-12,19H,13-15H2,1H3. The van der Waals surface area contributed by atoms with E-state index in [0.717, 1.165) is 11.1 Å². The van der Waals surface area contributed by atoms with Gasteiger partial charge in [0.1, 0.15) is 6.61 Å². The van der Waals surface area contributed by atoms with Gasteiger partial charge >= 0.3 is 6.09 Å². The molecule has 1 aliphatic heterocycles.